The van der Waals surface area contributed by atoms with Crippen molar-refractivity contribution in [2.24, 2.45) is 5.92 Å². The van der Waals surface area contributed by atoms with Gasteiger partial charge in [-0.1, -0.05) is 59.1 Å². The Hall–Kier alpha value is -2.52. The van der Waals surface area contributed by atoms with Gasteiger partial charge < -0.3 is 14.6 Å². The fourth-order valence-electron chi connectivity index (χ4n) is 5.43. The van der Waals surface area contributed by atoms with Gasteiger partial charge in [-0.25, -0.2) is 4.98 Å². The van der Waals surface area contributed by atoms with Crippen LogP contribution in [0.5, 0.6) is 5.75 Å². The van der Waals surface area contributed by atoms with Gasteiger partial charge in [-0.2, -0.15) is 0 Å². The van der Waals surface area contributed by atoms with Gasteiger partial charge >= 0.3 is 0 Å². The van der Waals surface area contributed by atoms with Crippen LogP contribution in [0.3, 0.4) is 0 Å². The number of thiazole rings is 1. The van der Waals surface area contributed by atoms with Crippen LogP contribution in [-0.2, 0) is 9.59 Å². The Bertz CT molecular complexity index is 1220. The molecule has 0 bridgehead atoms. The molecule has 1 aliphatic heterocycles. The second kappa shape index (κ2) is 12.6. The number of hydrogen-bond acceptors (Lipinski definition) is 6. The van der Waals surface area contributed by atoms with Gasteiger partial charge in [0.25, 0.3) is 0 Å². The van der Waals surface area contributed by atoms with E-state index in [1.807, 2.05) is 30.0 Å². The van der Waals surface area contributed by atoms with Crippen molar-refractivity contribution in [1.82, 2.24) is 15.2 Å². The molecule has 1 aromatic carbocycles. The van der Waals surface area contributed by atoms with E-state index >= 15 is 0 Å². The molecular weight excluding hydrogens is 539 g/mol. The molecule has 0 radical (unpaired) electrons. The summed E-state index contributed by atoms with van der Waals surface area (Å²) in [5, 5.41) is 5.69. The summed E-state index contributed by atoms with van der Waals surface area (Å²) in [5.74, 6) is 0.654. The molecule has 1 aromatic heterocycles. The monoisotopic (exact) mass is 583 g/mol. The predicted octanol–water partition coefficient (Wildman–Crippen LogP) is 6.90. The van der Waals surface area contributed by atoms with Crippen molar-refractivity contribution in [1.29, 1.82) is 0 Å². The molecule has 2 fully saturated rings. The Labute approximate surface area is 244 Å². The third kappa shape index (κ3) is 6.85. The number of hydrogen-bond donors (Lipinski definition) is 1. The molecule has 7 nitrogen and oxygen atoms in total. The zero-order valence-corrected chi connectivity index (χ0v) is 26.7. The fourth-order valence-corrected chi connectivity index (χ4v) is 7.40. The summed E-state index contributed by atoms with van der Waals surface area (Å²) in [6, 6.07) is 6.73. The number of nitrogens with one attached hydrogen (secondary N) is 1. The summed E-state index contributed by atoms with van der Waals surface area (Å²) in [5.41, 5.74) is 0.943. The predicted molar refractivity (Wildman–Crippen MR) is 162 cm³/mol. The molecule has 4 rings (SSSR count). The molecule has 2 amide bonds. The first-order valence-corrected chi connectivity index (χ1v) is 18.6. The number of likely N-dealkylation sites (tertiary alicyclic amines) is 1. The molecule has 2 atom stereocenters. The van der Waals surface area contributed by atoms with Crippen LogP contribution in [0.1, 0.15) is 106 Å². The Morgan fingerprint density at radius 1 is 1.12 bits per heavy atom. The highest BCUT2D eigenvalue weighted by molar-refractivity contribution is 7.10. The minimum atomic E-state index is -2.04. The van der Waals surface area contributed by atoms with E-state index in [4.69, 9.17) is 9.41 Å². The number of aromatic nitrogens is 1. The topological polar surface area (TPSA) is 88.6 Å². The highest BCUT2D eigenvalue weighted by Gasteiger charge is 2.40. The first kappa shape index (κ1) is 30.4. The summed E-state index contributed by atoms with van der Waals surface area (Å²) >= 11 is 1.44. The van der Waals surface area contributed by atoms with E-state index in [1.54, 1.807) is 11.4 Å². The number of carbonyl (C=O) groups is 3. The summed E-state index contributed by atoms with van der Waals surface area (Å²) in [6.45, 7) is 13.4. The third-order valence-electron chi connectivity index (χ3n) is 8.88. The average Bonchev–Trinajstić information content (AvgIpc) is 3.60. The smallest absolute Gasteiger partial charge is 0.250 e. The first-order valence-electron chi connectivity index (χ1n) is 14.8. The molecule has 40 heavy (non-hydrogen) atoms. The highest BCUT2D eigenvalue weighted by atomic mass is 32.1. The maximum Gasteiger partial charge on any atom is 0.250 e. The zero-order chi connectivity index (χ0) is 29.1. The minimum absolute atomic E-state index is 0.00486. The molecule has 2 aliphatic rings. The average molecular weight is 584 g/mol. The van der Waals surface area contributed by atoms with Gasteiger partial charge in [-0.05, 0) is 61.9 Å². The largest absolute Gasteiger partial charge is 0.543 e. The Balaban J connectivity index is 1.51. The summed E-state index contributed by atoms with van der Waals surface area (Å²) in [4.78, 5) is 46.3. The second-order valence-corrected chi connectivity index (χ2v) is 18.4. The van der Waals surface area contributed by atoms with E-state index in [9.17, 15) is 14.4 Å². The molecule has 9 heteroatoms. The van der Waals surface area contributed by atoms with Gasteiger partial charge in [0.1, 0.15) is 22.5 Å². The summed E-state index contributed by atoms with van der Waals surface area (Å²) in [7, 11) is -2.04. The van der Waals surface area contributed by atoms with Crippen molar-refractivity contribution >= 4 is 37.3 Å². The van der Waals surface area contributed by atoms with Crippen molar-refractivity contribution in [3.05, 3.63) is 45.9 Å². The van der Waals surface area contributed by atoms with Crippen LogP contribution in [0, 0.1) is 5.92 Å². The van der Waals surface area contributed by atoms with E-state index in [-0.39, 0.29) is 34.6 Å². The van der Waals surface area contributed by atoms with E-state index in [0.29, 0.717) is 30.0 Å². The van der Waals surface area contributed by atoms with Gasteiger partial charge in [0, 0.05) is 23.9 Å². The molecule has 2 heterocycles. The van der Waals surface area contributed by atoms with Crippen LogP contribution in [0.4, 0.5) is 0 Å². The normalized spacial score (nSPS) is 19.4. The lowest BCUT2D eigenvalue weighted by molar-refractivity contribution is -0.139. The van der Waals surface area contributed by atoms with E-state index in [2.05, 4.69) is 39.2 Å². The number of rotatable bonds is 9. The van der Waals surface area contributed by atoms with Gasteiger partial charge in [-0.15, -0.1) is 11.3 Å². The lowest BCUT2D eigenvalue weighted by Gasteiger charge is -2.36. The molecule has 1 saturated carbocycles. The molecule has 1 N–H and O–H groups in total. The Morgan fingerprint density at radius 2 is 1.85 bits per heavy atom. The van der Waals surface area contributed by atoms with Gasteiger partial charge in [0.15, 0.2) is 0 Å². The van der Waals surface area contributed by atoms with Crippen LogP contribution in [0.2, 0.25) is 18.1 Å². The molecular formula is C31H45N3O4SSi. The molecule has 1 saturated heterocycles. The number of carbonyl (C=O) groups excluding carboxylic acids is 3. The number of amides is 2. The number of ketones is 1. The standard InChI is InChI=1S/C31H45N3O4SSi/c1-7-26(35)33-27(21-13-9-8-10-14-21)30(37)34-18-12-17-25(34)29-32-24(20-39-29)28(36)22-15-11-16-23(19-22)38-40(5,6)31(2,3)4/h11,15-16,19-21,25,27H,7-10,12-14,17-18H2,1-6H3,(H,33,35)/t25-,27-/m0/s1. The van der Waals surface area contributed by atoms with E-state index in [0.717, 1.165) is 43.5 Å². The van der Waals surface area contributed by atoms with Crippen molar-refractivity contribution in [2.45, 2.75) is 109 Å². The van der Waals surface area contributed by atoms with E-state index in [1.165, 1.54) is 17.8 Å². The summed E-state index contributed by atoms with van der Waals surface area (Å²) < 4.78 is 6.42. The molecule has 1 aliphatic carbocycles. The fraction of sp³-hybridized carbons (Fsp3) is 0.613. The Morgan fingerprint density at radius 3 is 2.52 bits per heavy atom. The zero-order valence-electron chi connectivity index (χ0n) is 24.9. The lowest BCUT2D eigenvalue weighted by Crippen LogP contribution is -2.52. The Kier molecular flexibility index (Phi) is 9.55. The van der Waals surface area contributed by atoms with Crippen molar-refractivity contribution in [2.75, 3.05) is 6.54 Å². The number of benzene rings is 1. The minimum Gasteiger partial charge on any atom is -0.543 e. The van der Waals surface area contributed by atoms with Crippen LogP contribution in [0.25, 0.3) is 0 Å². The molecule has 218 valence electrons. The van der Waals surface area contributed by atoms with Crippen LogP contribution < -0.4 is 9.74 Å². The lowest BCUT2D eigenvalue weighted by atomic mass is 9.83. The van der Waals surface area contributed by atoms with Gasteiger partial charge in [-0.3, -0.25) is 14.4 Å². The number of nitrogens with zero attached hydrogens (tertiary/aromatic N) is 2. The highest BCUT2D eigenvalue weighted by Crippen LogP contribution is 2.38. The van der Waals surface area contributed by atoms with Crippen molar-refractivity contribution < 1.29 is 18.8 Å². The maximum atomic E-state index is 13.9. The molecule has 2 aromatic rings. The SMILES string of the molecule is CCC(=O)N[C@H](C(=O)N1CCC[C@H]1c1nc(C(=O)c2cccc(O[Si](C)(C)C(C)(C)C)c2)cs1)C1CCCCC1. The molecule has 0 spiro atoms. The van der Waals surface area contributed by atoms with E-state index < -0.39 is 14.4 Å². The first-order chi connectivity index (χ1) is 18.9. The molecule has 0 unspecified atom stereocenters. The second-order valence-electron chi connectivity index (χ2n) is 12.8. The van der Waals surface area contributed by atoms with Gasteiger partial charge in [0.05, 0.1) is 6.04 Å². The third-order valence-corrected chi connectivity index (χ3v) is 14.2. The van der Waals surface area contributed by atoms with Crippen LogP contribution in [0.15, 0.2) is 29.6 Å². The van der Waals surface area contributed by atoms with Crippen LogP contribution in [-0.4, -0.2) is 48.4 Å². The quantitative estimate of drug-likeness (QED) is 0.256. The van der Waals surface area contributed by atoms with Gasteiger partial charge in [0.2, 0.25) is 25.9 Å². The maximum absolute atomic E-state index is 13.9. The van der Waals surface area contributed by atoms with Crippen molar-refractivity contribution in [3.63, 3.8) is 0 Å². The van der Waals surface area contributed by atoms with Crippen LogP contribution >= 0.6 is 11.3 Å². The van der Waals surface area contributed by atoms with Crippen molar-refractivity contribution in [3.8, 4) is 5.75 Å². The summed E-state index contributed by atoms with van der Waals surface area (Å²) in [6.07, 6.45) is 7.36.